The van der Waals surface area contributed by atoms with Gasteiger partial charge in [0.1, 0.15) is 11.3 Å². The zero-order chi connectivity index (χ0) is 33.7. The van der Waals surface area contributed by atoms with Crippen molar-refractivity contribution in [2.24, 2.45) is 7.05 Å². The number of benzene rings is 2. The molecule has 13 heteroatoms. The second kappa shape index (κ2) is 14.3. The Kier molecular flexibility index (Phi) is 10.0. The van der Waals surface area contributed by atoms with Crippen LogP contribution in [0.2, 0.25) is 0 Å². The molecule has 1 fully saturated rings. The molecule has 0 radical (unpaired) electrons. The van der Waals surface area contributed by atoms with Crippen molar-refractivity contribution in [3.8, 4) is 17.0 Å². The van der Waals surface area contributed by atoms with Gasteiger partial charge >= 0.3 is 5.97 Å². The first-order valence-electron chi connectivity index (χ1n) is 15.3. The zero-order valence-electron chi connectivity index (χ0n) is 27.6. The summed E-state index contributed by atoms with van der Waals surface area (Å²) in [6, 6.07) is 13.4. The standard InChI is InChI=1S/C34H41N9O4/c1-8-31(44)36-27-17-28(30(46-7)18-29(27)43(6)22-13-15-41(4)20-22)38-34-35-19-24(33(45)47-21(2)3)32(39-34)37-25-12-10-9-11-23(25)26-14-16-42(5)40-26/h8-12,14,16-19,21-22H,1,13,15,20H2,2-7H3,(H,36,44)(H2,35,37,38,39)/t22-/m1/s1. The molecule has 0 spiro atoms. The molecule has 1 atom stereocenters. The molecule has 0 aliphatic carbocycles. The molecule has 1 amide bonds. The predicted octanol–water partition coefficient (Wildman–Crippen LogP) is 5.20. The fraction of sp³-hybridized carbons (Fsp3) is 0.324. The van der Waals surface area contributed by atoms with E-state index in [1.165, 1.54) is 12.3 Å². The summed E-state index contributed by atoms with van der Waals surface area (Å²) in [5.74, 6) is 0.0128. The summed E-state index contributed by atoms with van der Waals surface area (Å²) < 4.78 is 13.0. The Morgan fingerprint density at radius 1 is 1.11 bits per heavy atom. The third-order valence-electron chi connectivity index (χ3n) is 7.82. The van der Waals surface area contributed by atoms with E-state index in [1.807, 2.05) is 56.7 Å². The van der Waals surface area contributed by atoms with Gasteiger partial charge < -0.3 is 35.2 Å². The van der Waals surface area contributed by atoms with Gasteiger partial charge in [0.2, 0.25) is 11.9 Å². The van der Waals surface area contributed by atoms with Crippen LogP contribution in [0.3, 0.4) is 0 Å². The molecule has 3 N–H and O–H groups in total. The SMILES string of the molecule is C=CC(=O)Nc1cc(Nc2ncc(C(=O)OC(C)C)c(Nc3ccccc3-c3ccn(C)n3)n2)c(OC)cc1N(C)[C@@H]1CCN(C)C1. The van der Waals surface area contributed by atoms with Crippen LogP contribution in [0, 0.1) is 0 Å². The average Bonchev–Trinajstić information content (AvgIpc) is 3.68. The second-order valence-electron chi connectivity index (χ2n) is 11.7. The minimum Gasteiger partial charge on any atom is -0.494 e. The van der Waals surface area contributed by atoms with Crippen LogP contribution in [0.4, 0.5) is 34.5 Å². The van der Waals surface area contributed by atoms with Crippen LogP contribution in [0.15, 0.2) is 67.5 Å². The highest BCUT2D eigenvalue weighted by Gasteiger charge is 2.27. The number of aryl methyl sites for hydroxylation is 1. The molecule has 0 bridgehead atoms. The first kappa shape index (κ1) is 32.9. The van der Waals surface area contributed by atoms with E-state index >= 15 is 0 Å². The van der Waals surface area contributed by atoms with Crippen LogP contribution in [-0.4, -0.2) is 83.0 Å². The van der Waals surface area contributed by atoms with Crippen LogP contribution in [0.25, 0.3) is 11.3 Å². The second-order valence-corrected chi connectivity index (χ2v) is 11.7. The lowest BCUT2D eigenvalue weighted by Crippen LogP contribution is -2.34. The van der Waals surface area contributed by atoms with Crippen LogP contribution in [0.1, 0.15) is 30.6 Å². The van der Waals surface area contributed by atoms with Crippen molar-refractivity contribution in [1.29, 1.82) is 0 Å². The summed E-state index contributed by atoms with van der Waals surface area (Å²) in [6.45, 7) is 9.05. The quantitative estimate of drug-likeness (QED) is 0.139. The number of aromatic nitrogens is 4. The van der Waals surface area contributed by atoms with E-state index in [0.717, 1.165) is 36.5 Å². The van der Waals surface area contributed by atoms with Gasteiger partial charge in [-0.2, -0.15) is 10.1 Å². The lowest BCUT2D eigenvalue weighted by molar-refractivity contribution is -0.111. The summed E-state index contributed by atoms with van der Waals surface area (Å²) in [6.07, 6.45) is 5.14. The number of ether oxygens (including phenoxy) is 2. The molecule has 4 aromatic rings. The molecular weight excluding hydrogens is 598 g/mol. The molecule has 1 saturated heterocycles. The number of amides is 1. The van der Waals surface area contributed by atoms with Gasteiger partial charge in [-0.3, -0.25) is 9.48 Å². The number of likely N-dealkylation sites (tertiary alicyclic amines) is 1. The third kappa shape index (κ3) is 7.69. The van der Waals surface area contributed by atoms with Crippen LogP contribution < -0.4 is 25.6 Å². The lowest BCUT2D eigenvalue weighted by atomic mass is 10.1. The fourth-order valence-electron chi connectivity index (χ4n) is 5.42. The van der Waals surface area contributed by atoms with Crippen LogP contribution in [-0.2, 0) is 16.6 Å². The first-order chi connectivity index (χ1) is 22.6. The summed E-state index contributed by atoms with van der Waals surface area (Å²) in [4.78, 5) is 39.2. The van der Waals surface area contributed by atoms with Crippen molar-refractivity contribution in [3.05, 3.63) is 73.1 Å². The van der Waals surface area contributed by atoms with Gasteiger partial charge in [-0.05, 0) is 58.1 Å². The average molecular weight is 640 g/mol. The first-order valence-corrected chi connectivity index (χ1v) is 15.3. The normalized spacial score (nSPS) is 14.5. The van der Waals surface area contributed by atoms with Crippen LogP contribution in [0.5, 0.6) is 5.75 Å². The zero-order valence-corrected chi connectivity index (χ0v) is 27.6. The highest BCUT2D eigenvalue weighted by atomic mass is 16.5. The maximum atomic E-state index is 13.1. The van der Waals surface area contributed by atoms with Gasteiger partial charge in [-0.25, -0.2) is 9.78 Å². The van der Waals surface area contributed by atoms with Crippen molar-refractivity contribution in [2.45, 2.75) is 32.4 Å². The number of anilines is 6. The Balaban J connectivity index is 1.54. The van der Waals surface area contributed by atoms with Crippen molar-refractivity contribution in [2.75, 3.05) is 55.1 Å². The molecule has 2 aromatic heterocycles. The number of nitrogens with zero attached hydrogens (tertiary/aromatic N) is 6. The highest BCUT2D eigenvalue weighted by Crippen LogP contribution is 2.39. The number of hydrogen-bond donors (Lipinski definition) is 3. The number of rotatable bonds is 12. The molecule has 3 heterocycles. The minimum atomic E-state index is -0.568. The number of nitrogens with one attached hydrogen (secondary N) is 3. The Morgan fingerprint density at radius 2 is 1.89 bits per heavy atom. The van der Waals surface area contributed by atoms with Crippen LogP contribution >= 0.6 is 0 Å². The maximum absolute atomic E-state index is 13.1. The number of methoxy groups -OCH3 is 1. The number of likely N-dealkylation sites (N-methyl/N-ethyl adjacent to an activating group) is 2. The third-order valence-corrected chi connectivity index (χ3v) is 7.82. The number of esters is 1. The lowest BCUT2D eigenvalue weighted by Gasteiger charge is -2.29. The largest absolute Gasteiger partial charge is 0.494 e. The number of hydrogen-bond acceptors (Lipinski definition) is 11. The monoisotopic (exact) mass is 639 g/mol. The van der Waals surface area contributed by atoms with Gasteiger partial charge in [-0.1, -0.05) is 24.8 Å². The number of carbonyl (C=O) groups excluding carboxylic acids is 2. The van der Waals surface area contributed by atoms with E-state index in [-0.39, 0.29) is 35.4 Å². The Bertz CT molecular complexity index is 1770. The summed E-state index contributed by atoms with van der Waals surface area (Å²) >= 11 is 0. The van der Waals surface area contributed by atoms with Gasteiger partial charge in [0, 0.05) is 56.4 Å². The molecule has 5 rings (SSSR count). The Morgan fingerprint density at radius 3 is 2.55 bits per heavy atom. The summed E-state index contributed by atoms with van der Waals surface area (Å²) in [7, 11) is 7.52. The van der Waals surface area contributed by atoms with Gasteiger partial charge in [0.05, 0.1) is 36.0 Å². The molecule has 1 aliphatic rings. The van der Waals surface area contributed by atoms with E-state index in [2.05, 4.69) is 49.5 Å². The number of carbonyl (C=O) groups is 2. The van der Waals surface area contributed by atoms with Crippen molar-refractivity contribution in [1.82, 2.24) is 24.6 Å². The molecule has 246 valence electrons. The van der Waals surface area contributed by atoms with Crippen molar-refractivity contribution < 1.29 is 19.1 Å². The van der Waals surface area contributed by atoms with Gasteiger partial charge in [-0.15, -0.1) is 0 Å². The van der Waals surface area contributed by atoms with E-state index in [9.17, 15) is 9.59 Å². The molecule has 47 heavy (non-hydrogen) atoms. The Hall–Kier alpha value is -5.43. The number of para-hydroxylation sites is 1. The molecule has 1 aliphatic heterocycles. The summed E-state index contributed by atoms with van der Waals surface area (Å²) in [5, 5.41) is 14.0. The van der Waals surface area contributed by atoms with Gasteiger partial charge in [0.15, 0.2) is 5.82 Å². The summed E-state index contributed by atoms with van der Waals surface area (Å²) in [5.41, 5.74) is 4.28. The minimum absolute atomic E-state index is 0.157. The molecule has 0 saturated carbocycles. The maximum Gasteiger partial charge on any atom is 0.343 e. The fourth-order valence-corrected chi connectivity index (χ4v) is 5.42. The van der Waals surface area contributed by atoms with E-state index in [1.54, 1.807) is 31.7 Å². The molecule has 0 unspecified atom stereocenters. The molecule has 13 nitrogen and oxygen atoms in total. The Labute approximate surface area is 274 Å². The predicted molar refractivity (Wildman–Crippen MR) is 184 cm³/mol. The topological polar surface area (TPSA) is 139 Å². The van der Waals surface area contributed by atoms with E-state index in [0.29, 0.717) is 22.8 Å². The highest BCUT2D eigenvalue weighted by molar-refractivity contribution is 6.02. The van der Waals surface area contributed by atoms with Gasteiger partial charge in [0.25, 0.3) is 0 Å². The smallest absolute Gasteiger partial charge is 0.343 e. The molecular formula is C34H41N9O4. The van der Waals surface area contributed by atoms with E-state index in [4.69, 9.17) is 14.5 Å². The van der Waals surface area contributed by atoms with Crippen molar-refractivity contribution in [3.63, 3.8) is 0 Å². The van der Waals surface area contributed by atoms with Crippen molar-refractivity contribution >= 4 is 46.4 Å². The van der Waals surface area contributed by atoms with E-state index < -0.39 is 5.97 Å². The molecule has 2 aromatic carbocycles.